The minimum atomic E-state index is -0.517. The van der Waals surface area contributed by atoms with E-state index in [4.69, 9.17) is 24.2 Å². The highest BCUT2D eigenvalue weighted by Gasteiger charge is 2.70. The normalized spacial score (nSPS) is 46.8. The number of nitrogens with zero attached hydrogens (tertiary/aromatic N) is 1. The molecule has 8 rings (SSSR count). The van der Waals surface area contributed by atoms with Crippen molar-refractivity contribution in [3.63, 3.8) is 0 Å². The average Bonchev–Trinajstić information content (AvgIpc) is 3.46. The van der Waals surface area contributed by atoms with Gasteiger partial charge in [-0.2, -0.15) is 9.78 Å². The Morgan fingerprint density at radius 3 is 2.45 bits per heavy atom. The van der Waals surface area contributed by atoms with Crippen molar-refractivity contribution in [2.45, 2.75) is 88.2 Å². The number of hydrogen-bond acceptors (Lipinski definition) is 5. The highest BCUT2D eigenvalue weighted by Crippen LogP contribution is 2.67. The molecule has 0 amide bonds. The summed E-state index contributed by atoms with van der Waals surface area (Å²) in [5.41, 5.74) is 2.35. The molecule has 5 aliphatic carbocycles. The van der Waals surface area contributed by atoms with Gasteiger partial charge in [0.15, 0.2) is 0 Å². The van der Waals surface area contributed by atoms with Gasteiger partial charge in [0.2, 0.25) is 17.5 Å². The molecular weight excluding hydrogens is 390 g/mol. The maximum absolute atomic E-state index is 6.82. The zero-order chi connectivity index (χ0) is 20.8. The molecule has 0 N–H and O–H groups in total. The summed E-state index contributed by atoms with van der Waals surface area (Å²) in [5, 5.41) is 0. The molecule has 4 bridgehead atoms. The molecule has 5 unspecified atom stereocenters. The van der Waals surface area contributed by atoms with Gasteiger partial charge in [-0.05, 0) is 87.8 Å². The molecule has 0 aromatic heterocycles. The molecule has 2 aliphatic heterocycles. The molecule has 2 heterocycles. The molecule has 7 aliphatic rings. The smallest absolute Gasteiger partial charge is 0.216 e. The van der Waals surface area contributed by atoms with Crippen molar-refractivity contribution in [2.75, 3.05) is 6.61 Å². The van der Waals surface area contributed by atoms with Crippen molar-refractivity contribution in [1.29, 1.82) is 0 Å². The van der Waals surface area contributed by atoms with Crippen LogP contribution in [0.5, 0.6) is 0 Å². The monoisotopic (exact) mass is 423 g/mol. The van der Waals surface area contributed by atoms with E-state index in [1.54, 1.807) is 0 Å². The van der Waals surface area contributed by atoms with Crippen LogP contribution in [0.4, 0.5) is 0 Å². The predicted octanol–water partition coefficient (Wildman–Crippen LogP) is 5.34. The van der Waals surface area contributed by atoms with Crippen molar-refractivity contribution in [3.8, 4) is 0 Å². The second-order valence-corrected chi connectivity index (χ2v) is 11.7. The lowest BCUT2D eigenvalue weighted by Gasteiger charge is -2.40. The SMILES string of the molecule is CC1(C)COC(c2ccc(C3CCC4(CC3)OOC3(O4)C4CC5CC(C4)C3C5)cc2)=N1. The van der Waals surface area contributed by atoms with Gasteiger partial charge in [0.05, 0.1) is 5.54 Å². The fraction of sp³-hybridized carbons (Fsp3) is 0.731. The fourth-order valence-electron chi connectivity index (χ4n) is 7.64. The van der Waals surface area contributed by atoms with Crippen LogP contribution >= 0.6 is 0 Å². The highest BCUT2D eigenvalue weighted by molar-refractivity contribution is 5.95. The molecule has 1 saturated heterocycles. The Labute approximate surface area is 184 Å². The first-order valence-electron chi connectivity index (χ1n) is 12.3. The van der Waals surface area contributed by atoms with Gasteiger partial charge in [-0.15, -0.1) is 0 Å². The summed E-state index contributed by atoms with van der Waals surface area (Å²) in [4.78, 5) is 16.9. The third kappa shape index (κ3) is 2.82. The molecule has 0 radical (unpaired) electrons. The maximum atomic E-state index is 6.82. The summed E-state index contributed by atoms with van der Waals surface area (Å²) in [6.07, 6.45) is 9.19. The lowest BCUT2D eigenvalue weighted by molar-refractivity contribution is -0.370. The van der Waals surface area contributed by atoms with Crippen LogP contribution in [0.2, 0.25) is 0 Å². The van der Waals surface area contributed by atoms with E-state index in [9.17, 15) is 0 Å². The van der Waals surface area contributed by atoms with Crippen LogP contribution in [-0.4, -0.2) is 29.6 Å². The Balaban J connectivity index is 1.03. The maximum Gasteiger partial charge on any atom is 0.216 e. The quantitative estimate of drug-likeness (QED) is 0.603. The first-order valence-corrected chi connectivity index (χ1v) is 12.3. The van der Waals surface area contributed by atoms with Crippen molar-refractivity contribution in [2.24, 2.45) is 28.7 Å². The van der Waals surface area contributed by atoms with Crippen LogP contribution < -0.4 is 0 Å². The van der Waals surface area contributed by atoms with E-state index in [2.05, 4.69) is 38.1 Å². The zero-order valence-corrected chi connectivity index (χ0v) is 18.6. The lowest BCUT2D eigenvalue weighted by atomic mass is 9.77. The van der Waals surface area contributed by atoms with Gasteiger partial charge in [-0.25, -0.2) is 4.99 Å². The third-order valence-electron chi connectivity index (χ3n) is 9.10. The minimum absolute atomic E-state index is 0.120. The largest absolute Gasteiger partial charge is 0.475 e. The molecule has 6 fully saturated rings. The Morgan fingerprint density at radius 1 is 0.935 bits per heavy atom. The first-order chi connectivity index (χ1) is 14.9. The molecule has 1 aromatic carbocycles. The van der Waals surface area contributed by atoms with Gasteiger partial charge in [-0.1, -0.05) is 12.1 Å². The van der Waals surface area contributed by atoms with Crippen LogP contribution in [-0.2, 0) is 19.2 Å². The van der Waals surface area contributed by atoms with Crippen molar-refractivity contribution >= 4 is 5.90 Å². The number of ether oxygens (including phenoxy) is 2. The zero-order valence-electron chi connectivity index (χ0n) is 18.6. The van der Waals surface area contributed by atoms with Crippen molar-refractivity contribution in [3.05, 3.63) is 35.4 Å². The standard InChI is InChI=1S/C26H33NO4/c1-24(2)15-28-23(27-24)19-5-3-17(4-6-19)18-7-9-25(10-8-18)29-26(31-30-25)21-12-16-11-20(14-21)22(26)13-16/h3-6,16,18,20-22H,7-15H2,1-2H3. The van der Waals surface area contributed by atoms with Gasteiger partial charge in [0, 0.05) is 30.2 Å². The summed E-state index contributed by atoms with van der Waals surface area (Å²) in [7, 11) is 0. The van der Waals surface area contributed by atoms with E-state index in [0.717, 1.165) is 49.0 Å². The third-order valence-corrected chi connectivity index (χ3v) is 9.10. The molecule has 5 heteroatoms. The highest BCUT2D eigenvalue weighted by atomic mass is 17.3. The van der Waals surface area contributed by atoms with E-state index in [1.165, 1.54) is 31.2 Å². The second-order valence-electron chi connectivity index (χ2n) is 11.7. The molecule has 5 nitrogen and oxygen atoms in total. The molecule has 5 atom stereocenters. The summed E-state index contributed by atoms with van der Waals surface area (Å²) in [5.74, 6) is 3.19. The van der Waals surface area contributed by atoms with Gasteiger partial charge >= 0.3 is 0 Å². The van der Waals surface area contributed by atoms with Crippen molar-refractivity contribution in [1.82, 2.24) is 0 Å². The van der Waals surface area contributed by atoms with Crippen LogP contribution in [0.15, 0.2) is 29.3 Å². The lowest BCUT2D eigenvalue weighted by Crippen LogP contribution is -2.47. The van der Waals surface area contributed by atoms with Crippen LogP contribution in [0.1, 0.15) is 82.3 Å². The van der Waals surface area contributed by atoms with E-state index in [0.29, 0.717) is 24.4 Å². The summed E-state index contributed by atoms with van der Waals surface area (Å²) >= 11 is 0. The summed E-state index contributed by atoms with van der Waals surface area (Å²) in [6.45, 7) is 4.87. The van der Waals surface area contributed by atoms with E-state index < -0.39 is 11.6 Å². The van der Waals surface area contributed by atoms with E-state index >= 15 is 0 Å². The van der Waals surface area contributed by atoms with Crippen molar-refractivity contribution < 1.29 is 19.2 Å². The Morgan fingerprint density at radius 2 is 1.74 bits per heavy atom. The van der Waals surface area contributed by atoms with E-state index in [-0.39, 0.29) is 5.54 Å². The summed E-state index contributed by atoms with van der Waals surface area (Å²) in [6, 6.07) is 8.81. The van der Waals surface area contributed by atoms with Gasteiger partial charge in [0.1, 0.15) is 6.61 Å². The number of aliphatic imine (C=N–C) groups is 1. The fourth-order valence-corrected chi connectivity index (χ4v) is 7.64. The number of benzene rings is 1. The Bertz CT molecular complexity index is 912. The Kier molecular flexibility index (Phi) is 3.90. The van der Waals surface area contributed by atoms with Gasteiger partial charge in [0.25, 0.3) is 0 Å². The van der Waals surface area contributed by atoms with Gasteiger partial charge < -0.3 is 9.47 Å². The number of rotatable bonds is 2. The van der Waals surface area contributed by atoms with Gasteiger partial charge in [-0.3, -0.25) is 0 Å². The number of hydrogen-bond donors (Lipinski definition) is 0. The van der Waals surface area contributed by atoms with Crippen LogP contribution in [0.25, 0.3) is 0 Å². The average molecular weight is 424 g/mol. The van der Waals surface area contributed by atoms with Crippen LogP contribution in [0, 0.1) is 23.7 Å². The molecule has 31 heavy (non-hydrogen) atoms. The predicted molar refractivity (Wildman–Crippen MR) is 115 cm³/mol. The molecule has 5 saturated carbocycles. The summed E-state index contributed by atoms with van der Waals surface area (Å²) < 4.78 is 12.6. The van der Waals surface area contributed by atoms with E-state index in [1.807, 2.05) is 0 Å². The molecular formula is C26H33NO4. The molecule has 166 valence electrons. The minimum Gasteiger partial charge on any atom is -0.475 e. The van der Waals surface area contributed by atoms with Crippen LogP contribution in [0.3, 0.4) is 0 Å². The molecule has 2 spiro atoms. The second kappa shape index (κ2) is 6.33. The molecule has 1 aromatic rings. The first kappa shape index (κ1) is 19.1. The topological polar surface area (TPSA) is 49.3 Å². The Hall–Kier alpha value is -1.43.